The first-order valence-corrected chi connectivity index (χ1v) is 3.12. The smallest absolute Gasteiger partial charge is 0.166 e. The highest BCUT2D eigenvalue weighted by atomic mass is 35.5. The average molecular weight is 182 g/mol. The third-order valence-electron chi connectivity index (χ3n) is 1.10. The highest BCUT2D eigenvalue weighted by Gasteiger charge is 2.29. The van der Waals surface area contributed by atoms with Gasteiger partial charge in [0.25, 0.3) is 0 Å². The number of hydrogen-bond donors (Lipinski definition) is 0. The summed E-state index contributed by atoms with van der Waals surface area (Å²) in [5.41, 5.74) is -0.850. The van der Waals surface area contributed by atoms with Crippen LogP contribution < -0.4 is 0 Å². The number of benzene rings is 1. The second kappa shape index (κ2) is 2.74. The molecule has 0 radical (unpaired) electrons. The Kier molecular flexibility index (Phi) is 1.74. The predicted molar refractivity (Wildman–Crippen MR) is 36.5 cm³/mol. The van der Waals surface area contributed by atoms with Gasteiger partial charge in [-0.2, -0.15) is 13.2 Å². The van der Waals surface area contributed by atoms with Crippen molar-refractivity contribution in [1.29, 1.82) is 0 Å². The van der Waals surface area contributed by atoms with Gasteiger partial charge in [0.2, 0.25) is 0 Å². The number of halogens is 4. The van der Waals surface area contributed by atoms with E-state index in [0.29, 0.717) is 6.07 Å². The monoisotopic (exact) mass is 181 g/mol. The van der Waals surface area contributed by atoms with Crippen LogP contribution in [-0.4, -0.2) is 0 Å². The van der Waals surface area contributed by atoms with Gasteiger partial charge in [-0.15, -0.1) is 0 Å². The molecule has 0 amide bonds. The molecule has 1 aromatic rings. The summed E-state index contributed by atoms with van der Waals surface area (Å²) in [4.78, 5) is 0. The maximum atomic E-state index is 12.0. The highest BCUT2D eigenvalue weighted by molar-refractivity contribution is 6.30. The van der Waals surface area contributed by atoms with Gasteiger partial charge in [0, 0.05) is 5.02 Å². The fourth-order valence-electron chi connectivity index (χ4n) is 0.582. The van der Waals surface area contributed by atoms with E-state index in [2.05, 4.69) is 0 Å². The molecule has 0 heterocycles. The molecule has 0 aliphatic heterocycles. The van der Waals surface area contributed by atoms with Crippen LogP contribution in [0.3, 0.4) is 0 Å². The zero-order valence-electron chi connectivity index (χ0n) is 6.24. The number of alkyl halides is 3. The molecule has 0 unspecified atom stereocenters. The molecular formula is C7H4ClF3. The molecule has 0 N–H and O–H groups in total. The van der Waals surface area contributed by atoms with Gasteiger partial charge in [-0.1, -0.05) is 11.6 Å². The molecule has 4 heteroatoms. The van der Waals surface area contributed by atoms with Gasteiger partial charge in [-0.05, 0) is 24.2 Å². The van der Waals surface area contributed by atoms with E-state index in [1.54, 1.807) is 0 Å². The van der Waals surface area contributed by atoms with Gasteiger partial charge < -0.3 is 0 Å². The van der Waals surface area contributed by atoms with Crippen molar-refractivity contribution in [2.75, 3.05) is 0 Å². The van der Waals surface area contributed by atoms with E-state index in [0.717, 1.165) is 12.1 Å². The van der Waals surface area contributed by atoms with Crippen molar-refractivity contribution in [1.82, 2.24) is 0 Å². The summed E-state index contributed by atoms with van der Waals surface area (Å²) in [5, 5.41) is 0.0167. The Bertz CT molecular complexity index is 295. The van der Waals surface area contributed by atoms with Crippen molar-refractivity contribution in [2.24, 2.45) is 0 Å². The van der Waals surface area contributed by atoms with Gasteiger partial charge >= 0.3 is 6.18 Å². The lowest BCUT2D eigenvalue weighted by Crippen LogP contribution is -2.03. The van der Waals surface area contributed by atoms with Crippen molar-refractivity contribution in [3.8, 4) is 0 Å². The summed E-state index contributed by atoms with van der Waals surface area (Å²) >= 11 is 5.38. The largest absolute Gasteiger partial charge is 0.416 e. The SMILES string of the molecule is [2H]c1cc(C(F)(F)F)ccc1Cl. The summed E-state index contributed by atoms with van der Waals surface area (Å²) in [6.07, 6.45) is -4.40. The van der Waals surface area contributed by atoms with Crippen molar-refractivity contribution in [3.05, 3.63) is 34.8 Å². The van der Waals surface area contributed by atoms with Crippen LogP contribution in [0.4, 0.5) is 13.2 Å². The molecule has 0 spiro atoms. The molecular weight excluding hydrogens is 177 g/mol. The van der Waals surface area contributed by atoms with Crippen LogP contribution in [0.25, 0.3) is 0 Å². The maximum absolute atomic E-state index is 12.0. The Labute approximate surface area is 68.0 Å². The van der Waals surface area contributed by atoms with E-state index in [1.165, 1.54) is 0 Å². The van der Waals surface area contributed by atoms with Crippen LogP contribution in [0.15, 0.2) is 24.2 Å². The Morgan fingerprint density at radius 3 is 2.36 bits per heavy atom. The minimum Gasteiger partial charge on any atom is -0.166 e. The summed E-state index contributed by atoms with van der Waals surface area (Å²) in [7, 11) is 0. The summed E-state index contributed by atoms with van der Waals surface area (Å²) in [6.45, 7) is 0. The Hall–Kier alpha value is -0.700. The molecule has 1 aromatic carbocycles. The van der Waals surface area contributed by atoms with E-state index in [9.17, 15) is 13.2 Å². The van der Waals surface area contributed by atoms with Crippen LogP contribution in [0.1, 0.15) is 6.93 Å². The van der Waals surface area contributed by atoms with Crippen LogP contribution in [-0.2, 0) is 6.18 Å². The lowest BCUT2D eigenvalue weighted by molar-refractivity contribution is -0.137. The zero-order chi connectivity index (χ0) is 9.35. The third kappa shape index (κ3) is 2.12. The predicted octanol–water partition coefficient (Wildman–Crippen LogP) is 3.36. The fourth-order valence-corrected chi connectivity index (χ4v) is 0.700. The second-order valence-corrected chi connectivity index (χ2v) is 2.33. The van der Waals surface area contributed by atoms with Gasteiger partial charge in [0.1, 0.15) is 0 Å². The van der Waals surface area contributed by atoms with Gasteiger partial charge in [-0.3, -0.25) is 0 Å². The molecule has 0 aliphatic carbocycles. The van der Waals surface area contributed by atoms with E-state index in [4.69, 9.17) is 13.0 Å². The average Bonchev–Trinajstić information content (AvgIpc) is 1.92. The molecule has 0 bridgehead atoms. The summed E-state index contributed by atoms with van der Waals surface area (Å²) in [5.74, 6) is 0. The van der Waals surface area contributed by atoms with Crippen LogP contribution >= 0.6 is 11.6 Å². The van der Waals surface area contributed by atoms with Crippen molar-refractivity contribution in [2.45, 2.75) is 6.18 Å². The van der Waals surface area contributed by atoms with Crippen LogP contribution in [0, 0.1) is 0 Å². The molecule has 0 saturated heterocycles. The van der Waals surface area contributed by atoms with Gasteiger partial charge in [0.15, 0.2) is 0 Å². The standard InChI is InChI=1S/C7H4ClF3/c8-6-3-1-5(2-4-6)7(9,10)11/h1-4H/i3D. The molecule has 11 heavy (non-hydrogen) atoms. The molecule has 0 aromatic heterocycles. The van der Waals surface area contributed by atoms with E-state index >= 15 is 0 Å². The van der Waals surface area contributed by atoms with Gasteiger partial charge in [0.05, 0.1) is 6.93 Å². The molecule has 0 atom stereocenters. The Morgan fingerprint density at radius 1 is 1.27 bits per heavy atom. The minimum atomic E-state index is -4.40. The first-order chi connectivity index (χ1) is 5.41. The molecule has 1 rings (SSSR count). The lowest BCUT2D eigenvalue weighted by atomic mass is 10.2. The molecule has 0 aliphatic rings. The maximum Gasteiger partial charge on any atom is 0.416 e. The first kappa shape index (κ1) is 6.98. The first-order valence-electron chi connectivity index (χ1n) is 3.24. The van der Waals surface area contributed by atoms with Crippen LogP contribution in [0.2, 0.25) is 5.02 Å². The molecule has 0 saturated carbocycles. The molecule has 0 fully saturated rings. The highest BCUT2D eigenvalue weighted by Crippen LogP contribution is 2.29. The zero-order valence-corrected chi connectivity index (χ0v) is 6.00. The third-order valence-corrected chi connectivity index (χ3v) is 1.34. The minimum absolute atomic E-state index is 0.0167. The summed E-state index contributed by atoms with van der Waals surface area (Å²) in [6, 6.07) is 2.29. The van der Waals surface area contributed by atoms with Crippen molar-refractivity contribution >= 4 is 11.6 Å². The molecule has 60 valence electrons. The van der Waals surface area contributed by atoms with Crippen molar-refractivity contribution in [3.63, 3.8) is 0 Å². The normalized spacial score (nSPS) is 12.9. The molecule has 0 nitrogen and oxygen atoms in total. The van der Waals surface area contributed by atoms with E-state index in [-0.39, 0.29) is 11.1 Å². The number of hydrogen-bond acceptors (Lipinski definition) is 0. The second-order valence-electron chi connectivity index (χ2n) is 1.92. The van der Waals surface area contributed by atoms with E-state index in [1.807, 2.05) is 0 Å². The van der Waals surface area contributed by atoms with Crippen molar-refractivity contribution < 1.29 is 14.5 Å². The quantitative estimate of drug-likeness (QED) is 0.576. The van der Waals surface area contributed by atoms with E-state index < -0.39 is 11.7 Å². The van der Waals surface area contributed by atoms with Gasteiger partial charge in [-0.25, -0.2) is 0 Å². The topological polar surface area (TPSA) is 0 Å². The Balaban J connectivity index is 3.14. The summed E-state index contributed by atoms with van der Waals surface area (Å²) < 4.78 is 42.9. The van der Waals surface area contributed by atoms with Crippen LogP contribution in [0.5, 0.6) is 0 Å². The Morgan fingerprint density at radius 2 is 1.91 bits per heavy atom. The lowest BCUT2D eigenvalue weighted by Gasteiger charge is -2.04. The fraction of sp³-hybridized carbons (Fsp3) is 0.143. The number of rotatable bonds is 0.